The van der Waals surface area contributed by atoms with E-state index in [1.807, 2.05) is 12.1 Å². The molecule has 0 aliphatic heterocycles. The van der Waals surface area contributed by atoms with Crippen LogP contribution in [-0.4, -0.2) is 20.1 Å². The first-order valence-corrected chi connectivity index (χ1v) is 6.41. The van der Waals surface area contributed by atoms with Gasteiger partial charge in [0.1, 0.15) is 11.5 Å². The summed E-state index contributed by atoms with van der Waals surface area (Å²) in [5, 5.41) is 2.76. The monoisotopic (exact) mass is 287 g/mol. The van der Waals surface area contributed by atoms with Crippen molar-refractivity contribution < 1.29 is 18.7 Å². The fourth-order valence-corrected chi connectivity index (χ4v) is 1.74. The third-order valence-electron chi connectivity index (χ3n) is 2.85. The number of rotatable bonds is 6. The largest absolute Gasteiger partial charge is 0.497 e. The minimum atomic E-state index is -0.182. The van der Waals surface area contributed by atoms with Gasteiger partial charge in [-0.15, -0.1) is 0 Å². The molecule has 0 spiro atoms. The second kappa shape index (κ2) is 7.19. The number of carbonyl (C=O) groups excluding carboxylic acids is 1. The van der Waals surface area contributed by atoms with Crippen LogP contribution in [0.5, 0.6) is 11.5 Å². The standard InChI is InChI=1S/C16H17NO4/c1-19-14-7-12(8-15(9-14)20-2)3-4-16(18)17-10-13-5-6-21-11-13/h3-9,11H,10H2,1-2H3,(H,17,18)/b4-3-. The summed E-state index contributed by atoms with van der Waals surface area (Å²) in [5.74, 6) is 1.17. The normalized spacial score (nSPS) is 10.6. The maximum Gasteiger partial charge on any atom is 0.244 e. The van der Waals surface area contributed by atoms with Gasteiger partial charge in [-0.25, -0.2) is 0 Å². The molecule has 1 heterocycles. The molecule has 0 fully saturated rings. The molecule has 0 aliphatic carbocycles. The van der Waals surface area contributed by atoms with Gasteiger partial charge in [-0.1, -0.05) is 0 Å². The number of nitrogens with one attached hydrogen (secondary N) is 1. The van der Waals surface area contributed by atoms with Crippen LogP contribution < -0.4 is 14.8 Å². The van der Waals surface area contributed by atoms with E-state index in [2.05, 4.69) is 5.32 Å². The summed E-state index contributed by atoms with van der Waals surface area (Å²) in [4.78, 5) is 11.7. The maximum absolute atomic E-state index is 11.7. The molecule has 1 aromatic carbocycles. The average molecular weight is 287 g/mol. The Morgan fingerprint density at radius 2 is 1.95 bits per heavy atom. The Labute approximate surface area is 123 Å². The second-order valence-electron chi connectivity index (χ2n) is 4.33. The van der Waals surface area contributed by atoms with Gasteiger partial charge in [0.2, 0.25) is 5.91 Å². The first-order chi connectivity index (χ1) is 10.2. The Balaban J connectivity index is 1.97. The molecule has 0 saturated heterocycles. The Morgan fingerprint density at radius 3 is 2.52 bits per heavy atom. The minimum Gasteiger partial charge on any atom is -0.497 e. The molecule has 1 N–H and O–H groups in total. The molecule has 2 rings (SSSR count). The molecule has 5 heteroatoms. The number of benzene rings is 1. The van der Waals surface area contributed by atoms with Gasteiger partial charge in [0.15, 0.2) is 0 Å². The highest BCUT2D eigenvalue weighted by Crippen LogP contribution is 2.23. The molecule has 0 unspecified atom stereocenters. The SMILES string of the molecule is COc1cc(/C=C\C(=O)NCc2ccoc2)cc(OC)c1. The van der Waals surface area contributed by atoms with Crippen molar-refractivity contribution in [2.24, 2.45) is 0 Å². The molecule has 110 valence electrons. The number of hydrogen-bond donors (Lipinski definition) is 1. The molecule has 1 amide bonds. The van der Waals surface area contributed by atoms with Gasteiger partial charge in [0, 0.05) is 24.3 Å². The van der Waals surface area contributed by atoms with Crippen molar-refractivity contribution in [2.45, 2.75) is 6.54 Å². The molecule has 2 aromatic rings. The lowest BCUT2D eigenvalue weighted by Gasteiger charge is -2.05. The van der Waals surface area contributed by atoms with Crippen molar-refractivity contribution in [1.82, 2.24) is 5.32 Å². The summed E-state index contributed by atoms with van der Waals surface area (Å²) in [6, 6.07) is 7.22. The van der Waals surface area contributed by atoms with E-state index in [0.29, 0.717) is 18.0 Å². The lowest BCUT2D eigenvalue weighted by molar-refractivity contribution is -0.116. The molecule has 0 radical (unpaired) electrons. The van der Waals surface area contributed by atoms with Crippen LogP contribution in [0, 0.1) is 0 Å². The summed E-state index contributed by atoms with van der Waals surface area (Å²) < 4.78 is 15.3. The van der Waals surface area contributed by atoms with Gasteiger partial charge in [0.25, 0.3) is 0 Å². The molecule has 0 atom stereocenters. The van der Waals surface area contributed by atoms with E-state index in [4.69, 9.17) is 13.9 Å². The zero-order chi connectivity index (χ0) is 15.1. The predicted molar refractivity (Wildman–Crippen MR) is 79.1 cm³/mol. The lowest BCUT2D eigenvalue weighted by atomic mass is 10.2. The molecule has 5 nitrogen and oxygen atoms in total. The van der Waals surface area contributed by atoms with Crippen LogP contribution in [-0.2, 0) is 11.3 Å². The third kappa shape index (κ3) is 4.42. The van der Waals surface area contributed by atoms with Crippen molar-refractivity contribution in [3.8, 4) is 11.5 Å². The van der Waals surface area contributed by atoms with E-state index in [1.54, 1.807) is 45.0 Å². The van der Waals surface area contributed by atoms with Crippen molar-refractivity contribution >= 4 is 12.0 Å². The van der Waals surface area contributed by atoms with E-state index in [9.17, 15) is 4.79 Å². The van der Waals surface area contributed by atoms with Crippen LogP contribution in [0.3, 0.4) is 0 Å². The van der Waals surface area contributed by atoms with Gasteiger partial charge >= 0.3 is 0 Å². The number of methoxy groups -OCH3 is 2. The Hall–Kier alpha value is -2.69. The van der Waals surface area contributed by atoms with E-state index < -0.39 is 0 Å². The minimum absolute atomic E-state index is 0.182. The number of amides is 1. The average Bonchev–Trinajstić information content (AvgIpc) is 3.03. The molecule has 1 aromatic heterocycles. The van der Waals surface area contributed by atoms with E-state index >= 15 is 0 Å². The summed E-state index contributed by atoms with van der Waals surface area (Å²) >= 11 is 0. The van der Waals surface area contributed by atoms with Crippen molar-refractivity contribution in [3.05, 3.63) is 54.0 Å². The summed E-state index contributed by atoms with van der Waals surface area (Å²) in [7, 11) is 3.17. The van der Waals surface area contributed by atoms with Crippen molar-refractivity contribution in [3.63, 3.8) is 0 Å². The smallest absolute Gasteiger partial charge is 0.244 e. The van der Waals surface area contributed by atoms with Gasteiger partial charge in [-0.05, 0) is 29.8 Å². The van der Waals surface area contributed by atoms with Crippen LogP contribution in [0.1, 0.15) is 11.1 Å². The predicted octanol–water partition coefficient (Wildman–Crippen LogP) is 2.63. The first kappa shape index (κ1) is 14.7. The number of ether oxygens (including phenoxy) is 2. The number of carbonyl (C=O) groups is 1. The van der Waals surface area contributed by atoms with Gasteiger partial charge < -0.3 is 19.2 Å². The van der Waals surface area contributed by atoms with Gasteiger partial charge in [-0.3, -0.25) is 4.79 Å². The third-order valence-corrected chi connectivity index (χ3v) is 2.85. The van der Waals surface area contributed by atoms with Crippen LogP contribution in [0.4, 0.5) is 0 Å². The van der Waals surface area contributed by atoms with Crippen molar-refractivity contribution in [2.75, 3.05) is 14.2 Å². The molecule has 21 heavy (non-hydrogen) atoms. The fraction of sp³-hybridized carbons (Fsp3) is 0.188. The van der Waals surface area contributed by atoms with Gasteiger partial charge in [-0.2, -0.15) is 0 Å². The molecular formula is C16H17NO4. The quantitative estimate of drug-likeness (QED) is 0.830. The lowest BCUT2D eigenvalue weighted by Crippen LogP contribution is -2.19. The highest BCUT2D eigenvalue weighted by atomic mass is 16.5. The van der Waals surface area contributed by atoms with E-state index in [0.717, 1.165) is 11.1 Å². The zero-order valence-electron chi connectivity index (χ0n) is 12.0. The zero-order valence-corrected chi connectivity index (χ0v) is 12.0. The summed E-state index contributed by atoms with van der Waals surface area (Å²) in [6.07, 6.45) is 6.33. The first-order valence-electron chi connectivity index (χ1n) is 6.41. The van der Waals surface area contributed by atoms with Crippen LogP contribution in [0.2, 0.25) is 0 Å². The number of furan rings is 1. The Bertz CT molecular complexity index is 595. The highest BCUT2D eigenvalue weighted by molar-refractivity contribution is 5.91. The molecule has 0 aliphatic rings. The number of hydrogen-bond acceptors (Lipinski definition) is 4. The summed E-state index contributed by atoms with van der Waals surface area (Å²) in [6.45, 7) is 0.432. The van der Waals surface area contributed by atoms with Crippen LogP contribution in [0.25, 0.3) is 6.08 Å². The molecular weight excluding hydrogens is 270 g/mol. The Kier molecular flexibility index (Phi) is 5.04. The van der Waals surface area contributed by atoms with E-state index in [1.165, 1.54) is 6.08 Å². The highest BCUT2D eigenvalue weighted by Gasteiger charge is 2.01. The van der Waals surface area contributed by atoms with Crippen LogP contribution in [0.15, 0.2) is 47.3 Å². The molecule has 0 saturated carbocycles. The summed E-state index contributed by atoms with van der Waals surface area (Å²) in [5.41, 5.74) is 1.74. The Morgan fingerprint density at radius 1 is 1.24 bits per heavy atom. The molecule has 0 bridgehead atoms. The fourth-order valence-electron chi connectivity index (χ4n) is 1.74. The van der Waals surface area contributed by atoms with E-state index in [-0.39, 0.29) is 5.91 Å². The topological polar surface area (TPSA) is 60.7 Å². The van der Waals surface area contributed by atoms with Crippen molar-refractivity contribution in [1.29, 1.82) is 0 Å². The second-order valence-corrected chi connectivity index (χ2v) is 4.33. The van der Waals surface area contributed by atoms with Crippen LogP contribution >= 0.6 is 0 Å². The van der Waals surface area contributed by atoms with Gasteiger partial charge in [0.05, 0.1) is 26.7 Å². The maximum atomic E-state index is 11.7.